The molecule has 0 bridgehead atoms. The van der Waals surface area contributed by atoms with Gasteiger partial charge >= 0.3 is 0 Å². The monoisotopic (exact) mass is 358 g/mol. The highest BCUT2D eigenvalue weighted by Crippen LogP contribution is 2.27. The molecule has 0 fully saturated rings. The average Bonchev–Trinajstić information content (AvgIpc) is 2.75. The summed E-state index contributed by atoms with van der Waals surface area (Å²) in [5.74, 6) is 0.815. The van der Waals surface area contributed by atoms with Gasteiger partial charge in [0.05, 0.1) is 6.04 Å². The van der Waals surface area contributed by atoms with Crippen LogP contribution in [0.4, 0.5) is 5.69 Å². The SMILES string of the molecule is NCC(Nc1ccccc1Br)c1ccc(Br)o1. The number of nitrogens with one attached hydrogen (secondary N) is 1. The predicted molar refractivity (Wildman–Crippen MR) is 76.0 cm³/mol. The summed E-state index contributed by atoms with van der Waals surface area (Å²) in [5.41, 5.74) is 6.75. The van der Waals surface area contributed by atoms with E-state index in [0.29, 0.717) is 11.2 Å². The van der Waals surface area contributed by atoms with Crippen molar-refractivity contribution in [3.05, 3.63) is 51.3 Å². The molecule has 2 rings (SSSR count). The molecule has 0 aliphatic heterocycles. The van der Waals surface area contributed by atoms with Crippen LogP contribution in [0.5, 0.6) is 0 Å². The molecule has 3 nitrogen and oxygen atoms in total. The number of anilines is 1. The third-order valence-corrected chi connectivity index (χ3v) is 3.49. The molecule has 0 saturated carbocycles. The minimum absolute atomic E-state index is 0.0417. The van der Waals surface area contributed by atoms with Crippen LogP contribution in [-0.2, 0) is 0 Å². The van der Waals surface area contributed by atoms with Crippen molar-refractivity contribution in [3.63, 3.8) is 0 Å². The van der Waals surface area contributed by atoms with Crippen LogP contribution in [0.3, 0.4) is 0 Å². The Bertz CT molecular complexity index is 499. The van der Waals surface area contributed by atoms with E-state index in [0.717, 1.165) is 15.9 Å². The highest BCUT2D eigenvalue weighted by Gasteiger charge is 2.14. The Labute approximate surface area is 117 Å². The molecule has 0 spiro atoms. The summed E-state index contributed by atoms with van der Waals surface area (Å²) in [4.78, 5) is 0. The lowest BCUT2D eigenvalue weighted by Crippen LogP contribution is -2.20. The molecule has 0 amide bonds. The van der Waals surface area contributed by atoms with Crippen molar-refractivity contribution in [2.45, 2.75) is 6.04 Å². The molecule has 1 aromatic carbocycles. The molecule has 90 valence electrons. The zero-order valence-electron chi connectivity index (χ0n) is 8.99. The van der Waals surface area contributed by atoms with Crippen molar-refractivity contribution in [3.8, 4) is 0 Å². The van der Waals surface area contributed by atoms with Crippen molar-refractivity contribution in [1.29, 1.82) is 0 Å². The molecular weight excluding hydrogens is 348 g/mol. The summed E-state index contributed by atoms with van der Waals surface area (Å²) >= 11 is 6.77. The van der Waals surface area contributed by atoms with Gasteiger partial charge in [-0.3, -0.25) is 0 Å². The van der Waals surface area contributed by atoms with Crippen molar-refractivity contribution < 1.29 is 4.42 Å². The Morgan fingerprint density at radius 2 is 1.94 bits per heavy atom. The van der Waals surface area contributed by atoms with Gasteiger partial charge in [0, 0.05) is 16.7 Å². The fraction of sp³-hybridized carbons (Fsp3) is 0.167. The number of benzene rings is 1. The lowest BCUT2D eigenvalue weighted by molar-refractivity contribution is 0.463. The van der Waals surface area contributed by atoms with Crippen molar-refractivity contribution in [2.24, 2.45) is 5.73 Å². The third kappa shape index (κ3) is 3.12. The van der Waals surface area contributed by atoms with E-state index in [9.17, 15) is 0 Å². The largest absolute Gasteiger partial charge is 0.452 e. The van der Waals surface area contributed by atoms with Gasteiger partial charge < -0.3 is 15.5 Å². The van der Waals surface area contributed by atoms with E-state index in [1.54, 1.807) is 0 Å². The molecule has 1 atom stereocenters. The summed E-state index contributed by atoms with van der Waals surface area (Å²) in [6, 6.07) is 11.6. The average molecular weight is 360 g/mol. The van der Waals surface area contributed by atoms with Crippen molar-refractivity contribution in [2.75, 3.05) is 11.9 Å². The van der Waals surface area contributed by atoms with E-state index in [1.165, 1.54) is 0 Å². The Morgan fingerprint density at radius 3 is 2.53 bits per heavy atom. The van der Waals surface area contributed by atoms with E-state index < -0.39 is 0 Å². The second-order valence-electron chi connectivity index (χ2n) is 3.55. The van der Waals surface area contributed by atoms with E-state index in [2.05, 4.69) is 37.2 Å². The van der Waals surface area contributed by atoms with Gasteiger partial charge in [0.25, 0.3) is 0 Å². The topological polar surface area (TPSA) is 51.2 Å². The molecule has 1 aromatic heterocycles. The van der Waals surface area contributed by atoms with Crippen LogP contribution in [0, 0.1) is 0 Å². The van der Waals surface area contributed by atoms with Crippen LogP contribution in [0.15, 0.2) is 50.0 Å². The van der Waals surface area contributed by atoms with Gasteiger partial charge in [-0.15, -0.1) is 0 Å². The number of hydrogen-bond donors (Lipinski definition) is 2. The normalized spacial score (nSPS) is 12.4. The third-order valence-electron chi connectivity index (χ3n) is 2.38. The summed E-state index contributed by atoms with van der Waals surface area (Å²) in [6.45, 7) is 0.460. The first-order chi connectivity index (χ1) is 8.20. The number of para-hydroxylation sites is 1. The number of hydrogen-bond acceptors (Lipinski definition) is 3. The smallest absolute Gasteiger partial charge is 0.169 e. The molecule has 17 heavy (non-hydrogen) atoms. The first-order valence-electron chi connectivity index (χ1n) is 5.17. The Hall–Kier alpha value is -0.780. The molecule has 0 saturated heterocycles. The highest BCUT2D eigenvalue weighted by atomic mass is 79.9. The molecular formula is C12H12Br2N2O. The lowest BCUT2D eigenvalue weighted by Gasteiger charge is -2.16. The maximum Gasteiger partial charge on any atom is 0.169 e. The van der Waals surface area contributed by atoms with Crippen LogP contribution < -0.4 is 11.1 Å². The molecule has 5 heteroatoms. The molecule has 1 heterocycles. The van der Waals surface area contributed by atoms with Crippen LogP contribution >= 0.6 is 31.9 Å². The van der Waals surface area contributed by atoms with Gasteiger partial charge in [0.1, 0.15) is 5.76 Å². The summed E-state index contributed by atoms with van der Waals surface area (Å²) in [7, 11) is 0. The highest BCUT2D eigenvalue weighted by molar-refractivity contribution is 9.10. The summed E-state index contributed by atoms with van der Waals surface area (Å²) in [6.07, 6.45) is 0. The zero-order chi connectivity index (χ0) is 12.3. The summed E-state index contributed by atoms with van der Waals surface area (Å²) < 4.78 is 7.22. The first-order valence-corrected chi connectivity index (χ1v) is 6.75. The van der Waals surface area contributed by atoms with Gasteiger partial charge in [-0.25, -0.2) is 0 Å². The standard InChI is InChI=1S/C12H12Br2N2O/c13-8-3-1-2-4-9(8)16-10(7-15)11-5-6-12(14)17-11/h1-6,10,16H,7,15H2. The maximum absolute atomic E-state index is 5.76. The van der Waals surface area contributed by atoms with Crippen LogP contribution in [0.1, 0.15) is 11.8 Å². The Balaban J connectivity index is 2.18. The van der Waals surface area contributed by atoms with Crippen molar-refractivity contribution >= 4 is 37.5 Å². The van der Waals surface area contributed by atoms with Crippen LogP contribution in [0.2, 0.25) is 0 Å². The second kappa shape index (κ2) is 5.71. The van der Waals surface area contributed by atoms with Crippen LogP contribution in [0.25, 0.3) is 0 Å². The molecule has 1 unspecified atom stereocenters. The molecule has 0 aliphatic rings. The maximum atomic E-state index is 5.76. The first kappa shape index (κ1) is 12.7. The zero-order valence-corrected chi connectivity index (χ0v) is 12.2. The van der Waals surface area contributed by atoms with Crippen molar-refractivity contribution in [1.82, 2.24) is 0 Å². The van der Waals surface area contributed by atoms with E-state index in [4.69, 9.17) is 10.2 Å². The minimum Gasteiger partial charge on any atom is -0.452 e. The van der Waals surface area contributed by atoms with Gasteiger partial charge in [0.15, 0.2) is 4.67 Å². The molecule has 2 aromatic rings. The minimum atomic E-state index is -0.0417. The van der Waals surface area contributed by atoms with E-state index in [-0.39, 0.29) is 6.04 Å². The number of nitrogens with two attached hydrogens (primary N) is 1. The van der Waals surface area contributed by atoms with Gasteiger partial charge in [-0.05, 0) is 56.1 Å². The van der Waals surface area contributed by atoms with Gasteiger partial charge in [-0.2, -0.15) is 0 Å². The Kier molecular flexibility index (Phi) is 4.25. The fourth-order valence-corrected chi connectivity index (χ4v) is 2.25. The molecule has 3 N–H and O–H groups in total. The molecule has 0 aliphatic carbocycles. The van der Waals surface area contributed by atoms with Gasteiger partial charge in [-0.1, -0.05) is 12.1 Å². The number of furan rings is 1. The van der Waals surface area contributed by atoms with E-state index in [1.807, 2.05) is 36.4 Å². The van der Waals surface area contributed by atoms with E-state index >= 15 is 0 Å². The quantitative estimate of drug-likeness (QED) is 0.869. The number of halogens is 2. The lowest BCUT2D eigenvalue weighted by atomic mass is 10.2. The predicted octanol–water partition coefficient (Wildman–Crippen LogP) is 3.92. The van der Waals surface area contributed by atoms with Gasteiger partial charge in [0.2, 0.25) is 0 Å². The van der Waals surface area contributed by atoms with Crippen LogP contribution in [-0.4, -0.2) is 6.54 Å². The summed E-state index contributed by atoms with van der Waals surface area (Å²) in [5, 5.41) is 3.34. The number of rotatable bonds is 4. The second-order valence-corrected chi connectivity index (χ2v) is 5.19. The molecule has 0 radical (unpaired) electrons. The fourth-order valence-electron chi connectivity index (χ4n) is 1.53. The Morgan fingerprint density at radius 1 is 1.18 bits per heavy atom.